The zero-order valence-corrected chi connectivity index (χ0v) is 18.0. The Morgan fingerprint density at radius 3 is 2.59 bits per heavy atom. The molecule has 0 aliphatic carbocycles. The Hall–Kier alpha value is -3.04. The van der Waals surface area contributed by atoms with Gasteiger partial charge in [-0.15, -0.1) is 5.10 Å². The van der Waals surface area contributed by atoms with Gasteiger partial charge in [-0.25, -0.2) is 13.5 Å². The topological polar surface area (TPSA) is 58.5 Å². The molecule has 3 aromatic rings. The van der Waals surface area contributed by atoms with Crippen molar-refractivity contribution in [3.8, 4) is 5.69 Å². The highest BCUT2D eigenvalue weighted by molar-refractivity contribution is 5.64. The summed E-state index contributed by atoms with van der Waals surface area (Å²) in [4.78, 5) is 9.12. The highest BCUT2D eigenvalue weighted by atomic mass is 19.1. The zero-order valence-electron chi connectivity index (χ0n) is 18.0. The second-order valence-corrected chi connectivity index (χ2v) is 8.19. The van der Waals surface area contributed by atoms with E-state index >= 15 is 0 Å². The number of hydrogen-bond donors (Lipinski definition) is 1. The molecular weight excluding hydrogens is 414 g/mol. The molecule has 2 saturated heterocycles. The summed E-state index contributed by atoms with van der Waals surface area (Å²) in [5.74, 6) is -0.773. The number of nitrogens with zero attached hydrogens (tertiary/aromatic N) is 5. The molecule has 0 radical (unpaired) electrons. The fraction of sp³-hybridized carbons (Fsp3) is 0.391. The van der Waals surface area contributed by atoms with Gasteiger partial charge in [-0.2, -0.15) is 4.98 Å². The Labute approximate surface area is 185 Å². The van der Waals surface area contributed by atoms with E-state index in [1.807, 2.05) is 0 Å². The normalized spacial score (nSPS) is 17.4. The van der Waals surface area contributed by atoms with Crippen LogP contribution in [-0.2, 0) is 11.2 Å². The smallest absolute Gasteiger partial charge is 0.246 e. The monoisotopic (exact) mass is 440 g/mol. The van der Waals surface area contributed by atoms with Crippen molar-refractivity contribution in [3.63, 3.8) is 0 Å². The van der Waals surface area contributed by atoms with Gasteiger partial charge in [0.25, 0.3) is 0 Å². The molecule has 0 spiro atoms. The lowest BCUT2D eigenvalue weighted by molar-refractivity contribution is -0.0660. The first-order valence-electron chi connectivity index (χ1n) is 10.9. The Morgan fingerprint density at radius 2 is 1.88 bits per heavy atom. The van der Waals surface area contributed by atoms with Crippen LogP contribution >= 0.6 is 0 Å². The molecule has 2 aliphatic rings. The van der Waals surface area contributed by atoms with Gasteiger partial charge < -0.3 is 15.0 Å². The number of nitrogens with one attached hydrogen (secondary N) is 1. The third-order valence-electron chi connectivity index (χ3n) is 6.11. The number of piperazine rings is 1. The number of aryl methyl sites for hydroxylation is 1. The minimum absolute atomic E-state index is 0.0169. The molecule has 0 unspecified atom stereocenters. The Bertz CT molecular complexity index is 1090. The maximum Gasteiger partial charge on any atom is 0.246 e. The van der Waals surface area contributed by atoms with Gasteiger partial charge in [-0.05, 0) is 42.3 Å². The Kier molecular flexibility index (Phi) is 5.75. The van der Waals surface area contributed by atoms with E-state index in [0.717, 1.165) is 75.4 Å². The van der Waals surface area contributed by atoms with Gasteiger partial charge in [0.15, 0.2) is 0 Å². The molecule has 0 saturated carbocycles. The average Bonchev–Trinajstić information content (AvgIpc) is 3.22. The average molecular weight is 440 g/mol. The van der Waals surface area contributed by atoms with Crippen LogP contribution in [-0.4, -0.2) is 65.1 Å². The number of anilines is 3. The standard InChI is InChI=1S/C23H26F2N6O/c1-2-16-9-18(12-19(10-16)29-5-7-30(8-6-29)20-13-32-14-20)27-23-26-15-31(28-23)22-11-17(24)3-4-21(22)25/h3-4,9-12,15,20H,2,5-8,13-14H2,1H3,(H,27,28). The SMILES string of the molecule is CCc1cc(Nc2ncn(-c3cc(F)ccc3F)n2)cc(N2CCN(C3COC3)CC2)c1. The van der Waals surface area contributed by atoms with Crippen LogP contribution in [0.25, 0.3) is 5.69 Å². The zero-order chi connectivity index (χ0) is 22.1. The van der Waals surface area contributed by atoms with Crippen LogP contribution in [0.15, 0.2) is 42.7 Å². The maximum absolute atomic E-state index is 14.1. The molecule has 2 aliphatic heterocycles. The summed E-state index contributed by atoms with van der Waals surface area (Å²) in [6.07, 6.45) is 2.27. The van der Waals surface area contributed by atoms with Gasteiger partial charge in [0.1, 0.15) is 23.6 Å². The quantitative estimate of drug-likeness (QED) is 0.634. The van der Waals surface area contributed by atoms with Crippen molar-refractivity contribution in [1.29, 1.82) is 0 Å². The minimum Gasteiger partial charge on any atom is -0.378 e. The summed E-state index contributed by atoms with van der Waals surface area (Å²) in [6, 6.07) is 10.2. The van der Waals surface area contributed by atoms with Crippen molar-refractivity contribution in [2.45, 2.75) is 19.4 Å². The summed E-state index contributed by atoms with van der Waals surface area (Å²) < 4.78 is 34.1. The summed E-state index contributed by atoms with van der Waals surface area (Å²) in [6.45, 7) is 7.80. The first-order valence-corrected chi connectivity index (χ1v) is 10.9. The second-order valence-electron chi connectivity index (χ2n) is 8.19. The maximum atomic E-state index is 14.1. The van der Waals surface area contributed by atoms with Crippen molar-refractivity contribution in [2.24, 2.45) is 0 Å². The Balaban J connectivity index is 1.32. The number of ether oxygens (including phenoxy) is 1. The van der Waals surface area contributed by atoms with Crippen LogP contribution in [0.3, 0.4) is 0 Å². The van der Waals surface area contributed by atoms with E-state index in [4.69, 9.17) is 4.74 Å². The number of halogens is 2. The summed E-state index contributed by atoms with van der Waals surface area (Å²) in [5, 5.41) is 7.49. The van der Waals surface area contributed by atoms with Crippen LogP contribution in [0.2, 0.25) is 0 Å². The fourth-order valence-corrected chi connectivity index (χ4v) is 4.14. The van der Waals surface area contributed by atoms with E-state index in [1.165, 1.54) is 16.6 Å². The van der Waals surface area contributed by atoms with E-state index in [0.29, 0.717) is 12.0 Å². The Morgan fingerprint density at radius 1 is 1.06 bits per heavy atom. The van der Waals surface area contributed by atoms with Crippen LogP contribution in [0.1, 0.15) is 12.5 Å². The lowest BCUT2D eigenvalue weighted by Gasteiger charge is -2.43. The summed E-state index contributed by atoms with van der Waals surface area (Å²) >= 11 is 0. The third kappa shape index (κ3) is 4.31. The first kappa shape index (κ1) is 20.8. The van der Waals surface area contributed by atoms with Gasteiger partial charge in [-0.1, -0.05) is 6.92 Å². The third-order valence-corrected chi connectivity index (χ3v) is 6.11. The van der Waals surface area contributed by atoms with Gasteiger partial charge in [0, 0.05) is 43.6 Å². The molecule has 5 rings (SSSR count). The molecule has 9 heteroatoms. The van der Waals surface area contributed by atoms with Gasteiger partial charge in [-0.3, -0.25) is 4.90 Å². The van der Waals surface area contributed by atoms with Crippen LogP contribution in [0.4, 0.5) is 26.1 Å². The van der Waals surface area contributed by atoms with E-state index < -0.39 is 11.6 Å². The lowest BCUT2D eigenvalue weighted by Crippen LogP contribution is -2.56. The minimum atomic E-state index is -0.564. The number of rotatable bonds is 6. The van der Waals surface area contributed by atoms with Gasteiger partial charge >= 0.3 is 0 Å². The van der Waals surface area contributed by atoms with Crippen molar-refractivity contribution >= 4 is 17.3 Å². The molecule has 2 aromatic carbocycles. The van der Waals surface area contributed by atoms with E-state index in [1.54, 1.807) is 0 Å². The molecule has 7 nitrogen and oxygen atoms in total. The molecule has 0 bridgehead atoms. The van der Waals surface area contributed by atoms with Crippen LogP contribution in [0, 0.1) is 11.6 Å². The molecule has 32 heavy (non-hydrogen) atoms. The second kappa shape index (κ2) is 8.84. The fourth-order valence-electron chi connectivity index (χ4n) is 4.14. The van der Waals surface area contributed by atoms with Crippen molar-refractivity contribution in [1.82, 2.24) is 19.7 Å². The van der Waals surface area contributed by atoms with Crippen LogP contribution < -0.4 is 10.2 Å². The van der Waals surface area contributed by atoms with Gasteiger partial charge in [0.2, 0.25) is 5.95 Å². The molecule has 0 atom stereocenters. The highest BCUT2D eigenvalue weighted by Gasteiger charge is 2.29. The lowest BCUT2D eigenvalue weighted by atomic mass is 10.1. The van der Waals surface area contributed by atoms with E-state index in [-0.39, 0.29) is 5.69 Å². The van der Waals surface area contributed by atoms with Crippen molar-refractivity contribution in [2.75, 3.05) is 49.6 Å². The number of hydrogen-bond acceptors (Lipinski definition) is 6. The highest BCUT2D eigenvalue weighted by Crippen LogP contribution is 2.27. The summed E-state index contributed by atoms with van der Waals surface area (Å²) in [7, 11) is 0. The molecule has 1 aromatic heterocycles. The molecule has 168 valence electrons. The van der Waals surface area contributed by atoms with Crippen molar-refractivity contribution < 1.29 is 13.5 Å². The number of aromatic nitrogens is 3. The van der Waals surface area contributed by atoms with E-state index in [2.05, 4.69) is 50.3 Å². The summed E-state index contributed by atoms with van der Waals surface area (Å²) in [5.41, 5.74) is 3.25. The predicted molar refractivity (Wildman–Crippen MR) is 119 cm³/mol. The van der Waals surface area contributed by atoms with Crippen LogP contribution in [0.5, 0.6) is 0 Å². The number of benzene rings is 2. The molecule has 2 fully saturated rings. The molecular formula is C23H26F2N6O. The molecule has 1 N–H and O–H groups in total. The van der Waals surface area contributed by atoms with Crippen molar-refractivity contribution in [3.05, 3.63) is 59.9 Å². The predicted octanol–water partition coefficient (Wildman–Crippen LogP) is 3.37. The van der Waals surface area contributed by atoms with Gasteiger partial charge in [0.05, 0.1) is 19.3 Å². The first-order chi connectivity index (χ1) is 15.6. The molecule has 0 amide bonds. The molecule has 3 heterocycles. The largest absolute Gasteiger partial charge is 0.378 e. The van der Waals surface area contributed by atoms with E-state index in [9.17, 15) is 8.78 Å².